The van der Waals surface area contributed by atoms with Gasteiger partial charge in [0.2, 0.25) is 0 Å². The molecular weight excluding hydrogens is 186 g/mol. The van der Waals surface area contributed by atoms with Gasteiger partial charge < -0.3 is 9.88 Å². The van der Waals surface area contributed by atoms with Crippen LogP contribution in [0.3, 0.4) is 0 Å². The second-order valence-electron chi connectivity index (χ2n) is 4.99. The van der Waals surface area contributed by atoms with Crippen molar-refractivity contribution >= 4 is 0 Å². The first-order valence-corrected chi connectivity index (χ1v) is 6.14. The largest absolute Gasteiger partial charge is 0.333 e. The molecule has 15 heavy (non-hydrogen) atoms. The third-order valence-electron chi connectivity index (χ3n) is 3.63. The molecule has 0 unspecified atom stereocenters. The normalized spacial score (nSPS) is 21.6. The number of nitrogens with one attached hydrogen (secondary N) is 1. The van der Waals surface area contributed by atoms with Crippen LogP contribution in [0.15, 0.2) is 12.5 Å². The van der Waals surface area contributed by atoms with Gasteiger partial charge in [-0.05, 0) is 31.6 Å². The fraction of sp³-hybridized carbons (Fsp3) is 0.750. The first kappa shape index (κ1) is 9.40. The molecule has 1 aromatic heterocycles. The van der Waals surface area contributed by atoms with E-state index in [-0.39, 0.29) is 0 Å². The lowest BCUT2D eigenvalue weighted by molar-refractivity contribution is 0.273. The third kappa shape index (κ3) is 2.23. The van der Waals surface area contributed by atoms with E-state index in [2.05, 4.69) is 14.9 Å². The van der Waals surface area contributed by atoms with E-state index >= 15 is 0 Å². The van der Waals surface area contributed by atoms with Crippen LogP contribution in [-0.4, -0.2) is 15.6 Å². The highest BCUT2D eigenvalue weighted by molar-refractivity contribution is 5.00. The van der Waals surface area contributed by atoms with Gasteiger partial charge in [0.1, 0.15) is 0 Å². The molecule has 1 N–H and O–H groups in total. The predicted molar refractivity (Wildman–Crippen MR) is 59.4 cm³/mol. The molecule has 1 aromatic rings. The Bertz CT molecular complexity index is 323. The number of aromatic nitrogens is 2. The van der Waals surface area contributed by atoms with Crippen LogP contribution in [0.5, 0.6) is 0 Å². The number of hydrogen-bond acceptors (Lipinski definition) is 2. The fourth-order valence-corrected chi connectivity index (χ4v) is 2.15. The van der Waals surface area contributed by atoms with Gasteiger partial charge in [-0.25, -0.2) is 4.98 Å². The zero-order valence-corrected chi connectivity index (χ0v) is 9.15. The van der Waals surface area contributed by atoms with E-state index in [9.17, 15) is 0 Å². The zero-order chi connectivity index (χ0) is 10.1. The minimum Gasteiger partial charge on any atom is -0.333 e. The van der Waals surface area contributed by atoms with E-state index in [1.54, 1.807) is 0 Å². The molecule has 3 rings (SSSR count). The van der Waals surface area contributed by atoms with Crippen LogP contribution in [0.2, 0.25) is 0 Å². The van der Waals surface area contributed by atoms with Gasteiger partial charge in [0.25, 0.3) is 0 Å². The van der Waals surface area contributed by atoms with Crippen LogP contribution in [-0.2, 0) is 13.1 Å². The van der Waals surface area contributed by atoms with E-state index < -0.39 is 0 Å². The summed E-state index contributed by atoms with van der Waals surface area (Å²) < 4.78 is 2.33. The molecule has 82 valence electrons. The zero-order valence-electron chi connectivity index (χ0n) is 9.15. The molecule has 0 bridgehead atoms. The van der Waals surface area contributed by atoms with E-state index in [0.717, 1.165) is 18.5 Å². The monoisotopic (exact) mass is 205 g/mol. The highest BCUT2D eigenvalue weighted by atomic mass is 15.1. The van der Waals surface area contributed by atoms with Crippen molar-refractivity contribution in [3.63, 3.8) is 0 Å². The average molecular weight is 205 g/mol. The van der Waals surface area contributed by atoms with Crippen molar-refractivity contribution in [1.29, 1.82) is 0 Å². The van der Waals surface area contributed by atoms with Crippen LogP contribution in [0.4, 0.5) is 0 Å². The van der Waals surface area contributed by atoms with Gasteiger partial charge in [-0.2, -0.15) is 0 Å². The van der Waals surface area contributed by atoms with E-state index in [1.165, 1.54) is 44.3 Å². The van der Waals surface area contributed by atoms with Crippen LogP contribution in [0.1, 0.15) is 37.8 Å². The summed E-state index contributed by atoms with van der Waals surface area (Å²) in [7, 11) is 0. The summed E-state index contributed by atoms with van der Waals surface area (Å²) in [5, 5.41) is 3.55. The summed E-state index contributed by atoms with van der Waals surface area (Å²) in [5.74, 6) is 0.916. The van der Waals surface area contributed by atoms with Crippen molar-refractivity contribution in [3.05, 3.63) is 18.2 Å². The molecule has 0 radical (unpaired) electrons. The molecule has 2 aliphatic rings. The minimum absolute atomic E-state index is 0.789. The number of imidazole rings is 1. The smallest absolute Gasteiger partial charge is 0.0948 e. The molecule has 0 aliphatic heterocycles. The van der Waals surface area contributed by atoms with Gasteiger partial charge in [-0.3, -0.25) is 0 Å². The minimum atomic E-state index is 0.789. The maximum Gasteiger partial charge on any atom is 0.0948 e. The molecule has 3 heteroatoms. The van der Waals surface area contributed by atoms with Crippen LogP contribution >= 0.6 is 0 Å². The summed E-state index contributed by atoms with van der Waals surface area (Å²) >= 11 is 0. The lowest BCUT2D eigenvalue weighted by Crippen LogP contribution is -2.22. The molecule has 3 nitrogen and oxygen atoms in total. The van der Waals surface area contributed by atoms with E-state index in [1.807, 2.05) is 12.5 Å². The van der Waals surface area contributed by atoms with Crippen molar-refractivity contribution in [3.8, 4) is 0 Å². The van der Waals surface area contributed by atoms with Gasteiger partial charge >= 0.3 is 0 Å². The topological polar surface area (TPSA) is 29.9 Å². The van der Waals surface area contributed by atoms with Gasteiger partial charge in [0, 0.05) is 25.3 Å². The Balaban J connectivity index is 1.57. The quantitative estimate of drug-likeness (QED) is 0.796. The van der Waals surface area contributed by atoms with E-state index in [4.69, 9.17) is 0 Å². The lowest BCUT2D eigenvalue weighted by atomic mass is 9.85. The highest BCUT2D eigenvalue weighted by Crippen LogP contribution is 2.28. The van der Waals surface area contributed by atoms with Crippen molar-refractivity contribution in [2.45, 2.75) is 51.2 Å². The molecular formula is C12H19N3. The van der Waals surface area contributed by atoms with Crippen LogP contribution in [0.25, 0.3) is 0 Å². The van der Waals surface area contributed by atoms with Gasteiger partial charge in [-0.15, -0.1) is 0 Å². The van der Waals surface area contributed by atoms with Crippen molar-refractivity contribution < 1.29 is 0 Å². The SMILES string of the molecule is c1ncn(CC2CCC2)c1CNC1CC1. The van der Waals surface area contributed by atoms with Gasteiger partial charge in [0.15, 0.2) is 0 Å². The lowest BCUT2D eigenvalue weighted by Gasteiger charge is -2.26. The van der Waals surface area contributed by atoms with Crippen LogP contribution < -0.4 is 5.32 Å². The first-order valence-electron chi connectivity index (χ1n) is 6.14. The second kappa shape index (κ2) is 3.97. The number of rotatable bonds is 5. The Kier molecular flexibility index (Phi) is 2.49. The summed E-state index contributed by atoms with van der Waals surface area (Å²) in [4.78, 5) is 4.25. The van der Waals surface area contributed by atoms with E-state index in [0.29, 0.717) is 0 Å². The molecule has 0 amide bonds. The Morgan fingerprint density at radius 1 is 1.33 bits per heavy atom. The third-order valence-corrected chi connectivity index (χ3v) is 3.63. The summed E-state index contributed by atoms with van der Waals surface area (Å²) in [6.07, 6.45) is 11.0. The molecule has 2 saturated carbocycles. The Labute approximate surface area is 90.9 Å². The first-order chi connectivity index (χ1) is 7.42. The van der Waals surface area contributed by atoms with Crippen LogP contribution in [0, 0.1) is 5.92 Å². The molecule has 0 aromatic carbocycles. The summed E-state index contributed by atoms with van der Waals surface area (Å²) in [6.45, 7) is 2.18. The molecule has 0 atom stereocenters. The predicted octanol–water partition coefficient (Wildman–Crippen LogP) is 1.94. The average Bonchev–Trinajstić information content (AvgIpc) is 2.89. The molecule has 2 fully saturated rings. The number of nitrogens with zero attached hydrogens (tertiary/aromatic N) is 2. The second-order valence-corrected chi connectivity index (χ2v) is 4.99. The molecule has 0 spiro atoms. The van der Waals surface area contributed by atoms with Crippen molar-refractivity contribution in [1.82, 2.24) is 14.9 Å². The highest BCUT2D eigenvalue weighted by Gasteiger charge is 2.22. The standard InChI is InChI=1S/C12H19N3/c1-2-10(3-1)8-15-9-13-6-12(15)7-14-11-4-5-11/h6,9-11,14H,1-5,7-8H2. The Hall–Kier alpha value is -0.830. The maximum atomic E-state index is 4.25. The van der Waals surface area contributed by atoms with Crippen molar-refractivity contribution in [2.24, 2.45) is 5.92 Å². The fourth-order valence-electron chi connectivity index (χ4n) is 2.15. The Morgan fingerprint density at radius 2 is 2.20 bits per heavy atom. The summed E-state index contributed by atoms with van der Waals surface area (Å²) in [6, 6.07) is 0.789. The Morgan fingerprint density at radius 3 is 2.87 bits per heavy atom. The molecule has 2 aliphatic carbocycles. The molecule has 1 heterocycles. The number of hydrogen-bond donors (Lipinski definition) is 1. The molecule has 0 saturated heterocycles. The van der Waals surface area contributed by atoms with Gasteiger partial charge in [-0.1, -0.05) is 6.42 Å². The maximum absolute atomic E-state index is 4.25. The summed E-state index contributed by atoms with van der Waals surface area (Å²) in [5.41, 5.74) is 1.36. The van der Waals surface area contributed by atoms with Crippen molar-refractivity contribution in [2.75, 3.05) is 0 Å². The van der Waals surface area contributed by atoms with Gasteiger partial charge in [0.05, 0.1) is 12.0 Å².